The van der Waals surface area contributed by atoms with Crippen LogP contribution in [0.1, 0.15) is 106 Å². The van der Waals surface area contributed by atoms with Gasteiger partial charge in [-0.15, -0.1) is 0 Å². The highest BCUT2D eigenvalue weighted by Gasteiger charge is 2.67. The first-order chi connectivity index (χ1) is 48.9. The summed E-state index contributed by atoms with van der Waals surface area (Å²) in [6, 6.07) is 56.5. The van der Waals surface area contributed by atoms with Gasteiger partial charge >= 0.3 is 0 Å². The van der Waals surface area contributed by atoms with Gasteiger partial charge < -0.3 is 43.9 Å². The normalized spacial score (nSPS) is 14.7. The van der Waals surface area contributed by atoms with Crippen LogP contribution in [0, 0.1) is 23.6 Å². The summed E-state index contributed by atoms with van der Waals surface area (Å²) in [6.45, 7) is 5.17. The molecule has 7 heterocycles. The number of methoxy groups -OCH3 is 1. The van der Waals surface area contributed by atoms with Gasteiger partial charge in [0.25, 0.3) is 40.0 Å². The Morgan fingerprint density at radius 2 is 0.941 bits per heavy atom. The Morgan fingerprint density at radius 1 is 0.495 bits per heavy atom. The third kappa shape index (κ3) is 17.7. The number of aromatic nitrogens is 7. The van der Waals surface area contributed by atoms with Gasteiger partial charge in [0.05, 0.1) is 36.9 Å². The van der Waals surface area contributed by atoms with Crippen LogP contribution >= 0.6 is 11.6 Å². The zero-order chi connectivity index (χ0) is 70.5. The van der Waals surface area contributed by atoms with Crippen molar-refractivity contribution in [1.82, 2.24) is 49.2 Å². The minimum absolute atomic E-state index is 0.00856. The molecule has 0 unspecified atom stereocenters. The number of halogens is 2. The topological polar surface area (TPSA) is 226 Å². The van der Waals surface area contributed by atoms with E-state index in [2.05, 4.69) is 30.9 Å². The highest BCUT2D eigenvalue weighted by molar-refractivity contribution is 6.30. The molecule has 4 N–H and O–H groups in total. The molecule has 5 aromatic carbocycles. The molecule has 101 heavy (non-hydrogen) atoms. The molecular weight excluding hydrogens is 1300 g/mol. The lowest BCUT2D eigenvalue weighted by atomic mass is 9.35. The van der Waals surface area contributed by atoms with Gasteiger partial charge in [0.15, 0.2) is 0 Å². The number of fused-ring (bicyclic) bond motifs is 1. The number of nitrogens with one attached hydrogen (secondary N) is 4. The Balaban J connectivity index is 0.000000144. The number of nitrogens with zero attached hydrogens (tertiary/aromatic N) is 6. The molecule has 3 amide bonds. The maximum atomic E-state index is 14.5. The average Bonchev–Trinajstić information content (AvgIpc) is 0.905. The first-order valence-electron chi connectivity index (χ1n) is 33.1. The van der Waals surface area contributed by atoms with E-state index in [4.69, 9.17) is 16.3 Å². The molecule has 0 radical (unpaired) electrons. The second-order valence-electron chi connectivity index (χ2n) is 26.0. The van der Waals surface area contributed by atoms with Gasteiger partial charge in [-0.25, -0.2) is 4.39 Å². The smallest absolute Gasteiger partial charge is 0.253 e. The molecule has 15 rings (SSSR count). The third-order valence-corrected chi connectivity index (χ3v) is 18.6. The van der Waals surface area contributed by atoms with Gasteiger partial charge in [0.1, 0.15) is 11.6 Å². The van der Waals surface area contributed by atoms with Crippen LogP contribution in [-0.4, -0.2) is 58.1 Å². The van der Waals surface area contributed by atoms with Gasteiger partial charge in [0.2, 0.25) is 0 Å². The van der Waals surface area contributed by atoms with Crippen LogP contribution in [0.15, 0.2) is 263 Å². The molecule has 0 atom stereocenters. The van der Waals surface area contributed by atoms with Gasteiger partial charge in [-0.1, -0.05) is 103 Å². The SMILES string of the molecule is COc1ccc(CNC(=O)c2cncc(Cc3ccc(Cn4ccccc4=O)cc3)c2)cc1.Cc1c[nH]c2cc(F)c(CNC(=O)c3ccc(=O)n(CC45CC(Cn6ccccc6=O)(C4)C5)c3)cc12.O=C(NCc1ccc(Cl)cc1)c1cncc(Cc2ccc(Cn3ccccc3=O)cc2)c1. The lowest BCUT2D eigenvalue weighted by Gasteiger charge is -2.71. The van der Waals surface area contributed by atoms with Crippen LogP contribution in [0.4, 0.5) is 4.39 Å². The molecule has 3 fully saturated rings. The fraction of sp³-hybridized carbons (Fsp3) is 0.198. The van der Waals surface area contributed by atoms with Crippen molar-refractivity contribution in [2.24, 2.45) is 10.8 Å². The largest absolute Gasteiger partial charge is 0.497 e. The highest BCUT2D eigenvalue weighted by atomic mass is 35.5. The summed E-state index contributed by atoms with van der Waals surface area (Å²) in [7, 11) is 1.62. The van der Waals surface area contributed by atoms with Gasteiger partial charge in [-0.2, -0.15) is 0 Å². The van der Waals surface area contributed by atoms with Crippen molar-refractivity contribution in [1.29, 1.82) is 0 Å². The first kappa shape index (κ1) is 69.1. The molecule has 510 valence electrons. The van der Waals surface area contributed by atoms with Crippen LogP contribution in [0.5, 0.6) is 5.75 Å². The minimum atomic E-state index is -0.384. The van der Waals surface area contributed by atoms with E-state index in [1.807, 2.05) is 135 Å². The number of carbonyl (C=O) groups excluding carboxylic acids is 3. The number of hydrogen-bond donors (Lipinski definition) is 4. The number of aryl methyl sites for hydroxylation is 1. The Labute approximate surface area is 586 Å². The predicted molar refractivity (Wildman–Crippen MR) is 388 cm³/mol. The molecule has 3 aliphatic carbocycles. The van der Waals surface area contributed by atoms with Crippen molar-refractivity contribution in [2.75, 3.05) is 7.11 Å². The van der Waals surface area contributed by atoms with Crippen LogP contribution in [0.25, 0.3) is 10.9 Å². The van der Waals surface area contributed by atoms with E-state index in [0.717, 1.165) is 86.0 Å². The van der Waals surface area contributed by atoms with Crippen molar-refractivity contribution in [3.05, 3.63) is 368 Å². The van der Waals surface area contributed by atoms with E-state index in [9.17, 15) is 38.0 Å². The van der Waals surface area contributed by atoms with Gasteiger partial charge in [-0.05, 0) is 173 Å². The van der Waals surface area contributed by atoms with Crippen molar-refractivity contribution < 1.29 is 23.5 Å². The molecular formula is C81H74ClFN10O8. The third-order valence-electron chi connectivity index (χ3n) is 18.4. The molecule has 3 aliphatic rings. The number of H-pyrrole nitrogens is 1. The fourth-order valence-electron chi connectivity index (χ4n) is 13.3. The first-order valence-corrected chi connectivity index (χ1v) is 33.5. The van der Waals surface area contributed by atoms with E-state index >= 15 is 0 Å². The van der Waals surface area contributed by atoms with Crippen molar-refractivity contribution in [2.45, 2.75) is 84.8 Å². The van der Waals surface area contributed by atoms with E-state index in [1.54, 1.807) is 123 Å². The van der Waals surface area contributed by atoms with Crippen molar-refractivity contribution in [3.63, 3.8) is 0 Å². The van der Waals surface area contributed by atoms with E-state index in [0.29, 0.717) is 79.4 Å². The zero-order valence-corrected chi connectivity index (χ0v) is 56.5. The summed E-state index contributed by atoms with van der Waals surface area (Å²) in [5, 5.41) is 10.2. The molecule has 3 saturated carbocycles. The number of ether oxygens (including phenoxy) is 1. The summed E-state index contributed by atoms with van der Waals surface area (Å²) in [5.41, 5.74) is 11.8. The summed E-state index contributed by atoms with van der Waals surface area (Å²) in [5.74, 6) is -0.290. The van der Waals surface area contributed by atoms with E-state index in [1.165, 1.54) is 18.2 Å². The maximum absolute atomic E-state index is 14.5. The van der Waals surface area contributed by atoms with Crippen LogP contribution in [0.3, 0.4) is 0 Å². The highest BCUT2D eigenvalue weighted by Crippen LogP contribution is 2.74. The molecule has 18 nitrogen and oxygen atoms in total. The molecule has 0 saturated heterocycles. The monoisotopic (exact) mass is 1370 g/mol. The lowest BCUT2D eigenvalue weighted by molar-refractivity contribution is -0.220. The molecule has 7 aromatic heterocycles. The fourth-order valence-corrected chi connectivity index (χ4v) is 13.4. The Bertz CT molecular complexity index is 5180. The summed E-state index contributed by atoms with van der Waals surface area (Å²) in [6.07, 6.45) is 19.7. The lowest BCUT2D eigenvalue weighted by Crippen LogP contribution is -2.65. The Morgan fingerprint density at radius 3 is 1.45 bits per heavy atom. The summed E-state index contributed by atoms with van der Waals surface area (Å²) < 4.78 is 26.4. The van der Waals surface area contributed by atoms with Crippen LogP contribution < -0.4 is 42.9 Å². The van der Waals surface area contributed by atoms with Gasteiger partial charge in [-0.3, -0.25) is 43.5 Å². The van der Waals surface area contributed by atoms with Gasteiger partial charge in [0, 0.05) is 134 Å². The predicted octanol–water partition coefficient (Wildman–Crippen LogP) is 12.0. The average molecular weight is 1370 g/mol. The molecule has 12 aromatic rings. The number of pyridine rings is 6. The Kier molecular flexibility index (Phi) is 21.4. The van der Waals surface area contributed by atoms with E-state index in [-0.39, 0.29) is 63.2 Å². The number of carbonyl (C=O) groups is 3. The Hall–Kier alpha value is -11.8. The quantitative estimate of drug-likeness (QED) is 0.0502. The zero-order valence-electron chi connectivity index (χ0n) is 55.8. The number of aromatic amines is 1. The van der Waals surface area contributed by atoms with E-state index < -0.39 is 0 Å². The number of rotatable bonds is 22. The number of hydrogen-bond acceptors (Lipinski definition) is 10. The molecule has 2 bridgehead atoms. The van der Waals surface area contributed by atoms with Crippen LogP contribution in [0.2, 0.25) is 5.02 Å². The molecule has 0 aliphatic heterocycles. The minimum Gasteiger partial charge on any atom is -0.497 e. The second kappa shape index (κ2) is 31.4. The summed E-state index contributed by atoms with van der Waals surface area (Å²) >= 11 is 5.90. The molecule has 0 spiro atoms. The molecule has 20 heteroatoms. The van der Waals surface area contributed by atoms with Crippen molar-refractivity contribution >= 4 is 40.2 Å². The second-order valence-corrected chi connectivity index (χ2v) is 26.5. The standard InChI is InChI=1S/C28H27FN4O3.C27H25N3O3.C26H22ClN3O2/c1-18-10-30-23-9-22(29)20(8-21(18)23)11-31-26(36)19-5-6-25(35)33(12-19)17-28-13-27(14-28,15-28)16-32-7-3-2-4-24(32)34;1-33-25-11-9-21(10-12-25)17-29-27(32)24-15-23(16-28-18-24)14-20-5-7-22(8-6-20)19-30-13-3-2-4-26(30)31;27-24-10-8-20(9-11-24)16-29-26(32)23-14-22(15-28-17-23)13-19-4-6-21(7-5-19)18-30-12-2-1-3-25(30)31/h2-10,12,30H,11,13-17H2,1H3,(H,31,36);2-13,15-16,18H,14,17,19H2,1H3,(H,29,32);1-12,14-15,17H,13,16,18H2,(H,29,32). The summed E-state index contributed by atoms with van der Waals surface area (Å²) in [4.78, 5) is 97.8. The maximum Gasteiger partial charge on any atom is 0.253 e. The van der Waals surface area contributed by atoms with Crippen molar-refractivity contribution in [3.8, 4) is 5.75 Å². The van der Waals surface area contributed by atoms with Crippen LogP contribution in [-0.2, 0) is 58.7 Å². The number of amides is 3. The number of benzene rings is 5.